The molecule has 26 heavy (non-hydrogen) atoms. The minimum Gasteiger partial charge on any atom is -0.496 e. The molecule has 2 aromatic rings. The van der Waals surface area contributed by atoms with Gasteiger partial charge in [0.1, 0.15) is 17.9 Å². The van der Waals surface area contributed by atoms with Crippen LogP contribution in [-0.2, 0) is 16.1 Å². The van der Waals surface area contributed by atoms with Crippen molar-refractivity contribution in [2.45, 2.75) is 6.61 Å². The Balaban J connectivity index is 2.13. The first-order valence-corrected chi connectivity index (χ1v) is 7.68. The van der Waals surface area contributed by atoms with Gasteiger partial charge in [-0.1, -0.05) is 12.1 Å². The number of rotatable bonds is 7. The summed E-state index contributed by atoms with van der Waals surface area (Å²) in [5.74, 6) is 0.152. The van der Waals surface area contributed by atoms with E-state index < -0.39 is 11.9 Å². The fraction of sp³-hybridized carbons (Fsp3) is 0.263. The molecule has 0 fully saturated rings. The van der Waals surface area contributed by atoms with Crippen molar-refractivity contribution in [3.8, 4) is 17.2 Å². The highest BCUT2D eigenvalue weighted by atomic mass is 16.5. The van der Waals surface area contributed by atoms with Crippen LogP contribution in [0.4, 0.5) is 0 Å². The number of ether oxygens (including phenoxy) is 5. The fourth-order valence-electron chi connectivity index (χ4n) is 2.27. The van der Waals surface area contributed by atoms with Crippen LogP contribution in [-0.4, -0.2) is 40.4 Å². The summed E-state index contributed by atoms with van der Waals surface area (Å²) in [5, 5.41) is 0. The maximum absolute atomic E-state index is 12.4. The van der Waals surface area contributed by atoms with Crippen molar-refractivity contribution in [1.82, 2.24) is 0 Å². The molecular formula is C19H20O7. The predicted molar refractivity (Wildman–Crippen MR) is 93.0 cm³/mol. The van der Waals surface area contributed by atoms with Gasteiger partial charge in [-0.25, -0.2) is 9.59 Å². The second-order valence-corrected chi connectivity index (χ2v) is 5.17. The number of methoxy groups -OCH3 is 4. The summed E-state index contributed by atoms with van der Waals surface area (Å²) in [6.45, 7) is 0.0395. The van der Waals surface area contributed by atoms with Gasteiger partial charge >= 0.3 is 11.9 Å². The molecule has 2 aromatic carbocycles. The maximum Gasteiger partial charge on any atom is 0.342 e. The summed E-state index contributed by atoms with van der Waals surface area (Å²) < 4.78 is 25.6. The molecule has 0 saturated heterocycles. The van der Waals surface area contributed by atoms with Gasteiger partial charge in [0.05, 0.1) is 34.0 Å². The fourth-order valence-corrected chi connectivity index (χ4v) is 2.27. The molecule has 0 spiro atoms. The molecule has 0 N–H and O–H groups in total. The van der Waals surface area contributed by atoms with Crippen LogP contribution in [0, 0.1) is 0 Å². The van der Waals surface area contributed by atoms with E-state index in [2.05, 4.69) is 4.74 Å². The van der Waals surface area contributed by atoms with E-state index in [0.717, 1.165) is 5.56 Å². The quantitative estimate of drug-likeness (QED) is 0.702. The zero-order valence-electron chi connectivity index (χ0n) is 15.0. The molecule has 7 nitrogen and oxygen atoms in total. The molecule has 0 bridgehead atoms. The number of benzene rings is 2. The topological polar surface area (TPSA) is 80.3 Å². The molecular weight excluding hydrogens is 340 g/mol. The van der Waals surface area contributed by atoms with Crippen molar-refractivity contribution in [1.29, 1.82) is 0 Å². The van der Waals surface area contributed by atoms with Crippen molar-refractivity contribution < 1.29 is 33.3 Å². The third-order valence-electron chi connectivity index (χ3n) is 3.67. The van der Waals surface area contributed by atoms with Gasteiger partial charge in [-0.05, 0) is 17.7 Å². The van der Waals surface area contributed by atoms with Crippen LogP contribution in [0.15, 0.2) is 36.4 Å². The maximum atomic E-state index is 12.4. The zero-order chi connectivity index (χ0) is 19.1. The Hall–Kier alpha value is -3.22. The first-order chi connectivity index (χ1) is 12.5. The summed E-state index contributed by atoms with van der Waals surface area (Å²) in [4.78, 5) is 23.8. The first kappa shape index (κ1) is 19.1. The molecule has 0 aliphatic heterocycles. The minimum absolute atomic E-state index is 0.0395. The molecule has 0 unspecified atom stereocenters. The lowest BCUT2D eigenvalue weighted by Gasteiger charge is -2.13. The molecule has 2 rings (SSSR count). The number of carbonyl (C=O) groups excluding carboxylic acids is 2. The number of hydrogen-bond donors (Lipinski definition) is 0. The molecule has 138 valence electrons. The average Bonchev–Trinajstić information content (AvgIpc) is 2.70. The monoisotopic (exact) mass is 360 g/mol. The second kappa shape index (κ2) is 8.75. The SMILES string of the molecule is COC(=O)c1ccc(COC(=O)c2cc(OC)c(OC)cc2OC)cc1. The van der Waals surface area contributed by atoms with E-state index >= 15 is 0 Å². The summed E-state index contributed by atoms with van der Waals surface area (Å²) in [7, 11) is 5.73. The highest BCUT2D eigenvalue weighted by Gasteiger charge is 2.19. The molecule has 7 heteroatoms. The molecule has 0 aliphatic rings. The van der Waals surface area contributed by atoms with Crippen LogP contribution in [0.1, 0.15) is 26.3 Å². The summed E-state index contributed by atoms with van der Waals surface area (Å²) in [5.41, 5.74) is 1.37. The van der Waals surface area contributed by atoms with Crippen LogP contribution in [0.2, 0.25) is 0 Å². The summed E-state index contributed by atoms with van der Waals surface area (Å²) in [6.07, 6.45) is 0. The summed E-state index contributed by atoms with van der Waals surface area (Å²) in [6, 6.07) is 9.63. The standard InChI is InChI=1S/C19H20O7/c1-22-15-10-17(24-3)16(23-2)9-14(15)19(21)26-11-12-5-7-13(8-6-12)18(20)25-4/h5-10H,11H2,1-4H3. The Bertz CT molecular complexity index is 781. The van der Waals surface area contributed by atoms with Gasteiger partial charge in [0.2, 0.25) is 0 Å². The van der Waals surface area contributed by atoms with Gasteiger partial charge < -0.3 is 23.7 Å². The molecule has 0 saturated carbocycles. The van der Waals surface area contributed by atoms with E-state index in [0.29, 0.717) is 22.8 Å². The molecule has 0 radical (unpaired) electrons. The van der Waals surface area contributed by atoms with E-state index in [1.165, 1.54) is 34.5 Å². The van der Waals surface area contributed by atoms with Gasteiger partial charge in [0.15, 0.2) is 11.5 Å². The third-order valence-corrected chi connectivity index (χ3v) is 3.67. The molecule has 0 atom stereocenters. The first-order valence-electron chi connectivity index (χ1n) is 7.68. The lowest BCUT2D eigenvalue weighted by molar-refractivity contribution is 0.0467. The van der Waals surface area contributed by atoms with Crippen molar-refractivity contribution in [2.75, 3.05) is 28.4 Å². The highest BCUT2D eigenvalue weighted by molar-refractivity contribution is 5.93. The Morgan fingerprint density at radius 3 is 1.88 bits per heavy atom. The van der Waals surface area contributed by atoms with E-state index in [4.69, 9.17) is 18.9 Å². The number of hydrogen-bond acceptors (Lipinski definition) is 7. The smallest absolute Gasteiger partial charge is 0.342 e. The number of esters is 2. The van der Waals surface area contributed by atoms with E-state index in [1.807, 2.05) is 0 Å². The normalized spacial score (nSPS) is 10.0. The number of carbonyl (C=O) groups is 2. The van der Waals surface area contributed by atoms with Crippen LogP contribution in [0.3, 0.4) is 0 Å². The Labute approximate surface area is 151 Å². The van der Waals surface area contributed by atoms with Gasteiger partial charge in [-0.15, -0.1) is 0 Å². The predicted octanol–water partition coefficient (Wildman–Crippen LogP) is 2.86. The highest BCUT2D eigenvalue weighted by Crippen LogP contribution is 2.35. The van der Waals surface area contributed by atoms with Crippen molar-refractivity contribution in [3.63, 3.8) is 0 Å². The lowest BCUT2D eigenvalue weighted by Crippen LogP contribution is -2.08. The van der Waals surface area contributed by atoms with E-state index in [1.54, 1.807) is 30.3 Å². The average molecular weight is 360 g/mol. The molecule has 0 amide bonds. The Morgan fingerprint density at radius 2 is 1.35 bits per heavy atom. The van der Waals surface area contributed by atoms with E-state index in [-0.39, 0.29) is 12.2 Å². The van der Waals surface area contributed by atoms with Gasteiger partial charge in [-0.2, -0.15) is 0 Å². The van der Waals surface area contributed by atoms with E-state index in [9.17, 15) is 9.59 Å². The van der Waals surface area contributed by atoms with Crippen LogP contribution < -0.4 is 14.2 Å². The largest absolute Gasteiger partial charge is 0.496 e. The zero-order valence-corrected chi connectivity index (χ0v) is 15.0. The van der Waals surface area contributed by atoms with Crippen LogP contribution in [0.25, 0.3) is 0 Å². The van der Waals surface area contributed by atoms with Crippen molar-refractivity contribution in [3.05, 3.63) is 53.1 Å². The van der Waals surface area contributed by atoms with Gasteiger partial charge in [0.25, 0.3) is 0 Å². The van der Waals surface area contributed by atoms with Crippen molar-refractivity contribution in [2.24, 2.45) is 0 Å². The van der Waals surface area contributed by atoms with Crippen LogP contribution in [0.5, 0.6) is 17.2 Å². The third kappa shape index (κ3) is 4.24. The molecule has 0 aliphatic carbocycles. The summed E-state index contributed by atoms with van der Waals surface area (Å²) >= 11 is 0. The Kier molecular flexibility index (Phi) is 6.43. The Morgan fingerprint density at radius 1 is 0.769 bits per heavy atom. The molecule has 0 aromatic heterocycles. The lowest BCUT2D eigenvalue weighted by atomic mass is 10.1. The van der Waals surface area contributed by atoms with Crippen molar-refractivity contribution >= 4 is 11.9 Å². The second-order valence-electron chi connectivity index (χ2n) is 5.17. The molecule has 0 heterocycles. The minimum atomic E-state index is -0.570. The van der Waals surface area contributed by atoms with Gasteiger partial charge in [-0.3, -0.25) is 0 Å². The van der Waals surface area contributed by atoms with Gasteiger partial charge in [0, 0.05) is 12.1 Å². The van der Waals surface area contributed by atoms with Crippen LogP contribution >= 0.6 is 0 Å².